The van der Waals surface area contributed by atoms with Crippen LogP contribution in [0.1, 0.15) is 0 Å². The van der Waals surface area contributed by atoms with Crippen LogP contribution in [0.2, 0.25) is 5.02 Å². The van der Waals surface area contributed by atoms with Gasteiger partial charge in [0.05, 0.1) is 23.6 Å². The molecule has 0 amide bonds. The summed E-state index contributed by atoms with van der Waals surface area (Å²) in [5.41, 5.74) is 1.66. The third-order valence-corrected chi connectivity index (χ3v) is 4.75. The molecule has 0 bridgehead atoms. The zero-order valence-corrected chi connectivity index (χ0v) is 14.4. The first-order valence-corrected chi connectivity index (χ1v) is 8.67. The quantitative estimate of drug-likeness (QED) is 0.727. The van der Waals surface area contributed by atoms with Crippen molar-refractivity contribution in [2.45, 2.75) is 11.4 Å². The summed E-state index contributed by atoms with van der Waals surface area (Å²) in [5, 5.41) is 0.550. The van der Waals surface area contributed by atoms with Crippen LogP contribution in [0, 0.1) is 0 Å². The molecule has 3 aromatic rings. The van der Waals surface area contributed by atoms with Crippen LogP contribution in [0.25, 0.3) is 11.1 Å². The largest absolute Gasteiger partial charge is 0.420 e. The van der Waals surface area contributed by atoms with E-state index in [9.17, 15) is 9.00 Å². The molecule has 1 N–H and O–H groups in total. The maximum atomic E-state index is 12.4. The Hall–Kier alpha value is -2.09. The predicted molar refractivity (Wildman–Crippen MR) is 93.8 cm³/mol. The van der Waals surface area contributed by atoms with Gasteiger partial charge >= 0.3 is 5.76 Å². The lowest BCUT2D eigenvalue weighted by Gasteiger charge is -2.06. The Morgan fingerprint density at radius 2 is 2.12 bits per heavy atom. The Kier molecular flexibility index (Phi) is 5.03. The molecule has 1 atom stereocenters. The highest BCUT2D eigenvalue weighted by molar-refractivity contribution is 7.86. The van der Waals surface area contributed by atoms with Gasteiger partial charge in [-0.3, -0.25) is 4.57 Å². The molecule has 0 saturated heterocycles. The maximum Gasteiger partial charge on any atom is 0.420 e. The minimum absolute atomic E-state index is 0.384. The van der Waals surface area contributed by atoms with Crippen LogP contribution in [0.5, 0.6) is 0 Å². The lowest BCUT2D eigenvalue weighted by Crippen LogP contribution is -2.16. The van der Waals surface area contributed by atoms with Crippen LogP contribution in [0.15, 0.2) is 56.6 Å². The maximum absolute atomic E-state index is 12.4. The third-order valence-electron chi connectivity index (χ3n) is 3.41. The number of hydrogen-bond donors (Lipinski definition) is 1. The summed E-state index contributed by atoms with van der Waals surface area (Å²) in [5.74, 6) is -0.465. The smallest absolute Gasteiger partial charge is 0.408 e. The van der Waals surface area contributed by atoms with Crippen molar-refractivity contribution in [1.82, 2.24) is 4.57 Å². The molecule has 1 heterocycles. The van der Waals surface area contributed by atoms with E-state index in [0.29, 0.717) is 39.9 Å². The van der Waals surface area contributed by atoms with Crippen molar-refractivity contribution in [3.63, 3.8) is 0 Å². The highest BCUT2D eigenvalue weighted by Crippen LogP contribution is 2.20. The van der Waals surface area contributed by atoms with E-state index in [0.717, 1.165) is 0 Å². The van der Waals surface area contributed by atoms with Gasteiger partial charge in [-0.15, -0.1) is 0 Å². The average Bonchev–Trinajstić information content (AvgIpc) is 2.87. The Bertz CT molecular complexity index is 951. The standard InChI is InChI=1S/C16H15ClN2O4S/c1-22-8-7-19-14-6-5-13(10-15(14)23-16(19)20)24(21)18-12-4-2-3-11(17)9-12/h2-6,9-10,18H,7-8H2,1H3. The van der Waals surface area contributed by atoms with Gasteiger partial charge in [0.25, 0.3) is 0 Å². The molecule has 2 aromatic carbocycles. The fourth-order valence-electron chi connectivity index (χ4n) is 2.27. The van der Waals surface area contributed by atoms with Crippen LogP contribution >= 0.6 is 11.6 Å². The normalized spacial score (nSPS) is 12.4. The van der Waals surface area contributed by atoms with Crippen LogP contribution in [-0.4, -0.2) is 22.5 Å². The number of oxazole rings is 1. The highest BCUT2D eigenvalue weighted by Gasteiger charge is 2.12. The molecule has 0 aliphatic rings. The second-order valence-corrected chi connectivity index (χ2v) is 6.67. The van der Waals surface area contributed by atoms with Crippen molar-refractivity contribution >= 4 is 39.4 Å². The summed E-state index contributed by atoms with van der Waals surface area (Å²) in [6.07, 6.45) is 0. The Morgan fingerprint density at radius 1 is 1.29 bits per heavy atom. The van der Waals surface area contributed by atoms with Gasteiger partial charge in [0.15, 0.2) is 5.58 Å². The first kappa shape index (κ1) is 16.8. The van der Waals surface area contributed by atoms with Crippen molar-refractivity contribution in [2.24, 2.45) is 0 Å². The first-order chi connectivity index (χ1) is 11.6. The number of aromatic nitrogens is 1. The van der Waals surface area contributed by atoms with Crippen LogP contribution in [0.4, 0.5) is 5.69 Å². The van der Waals surface area contributed by atoms with Crippen molar-refractivity contribution in [1.29, 1.82) is 0 Å². The summed E-state index contributed by atoms with van der Waals surface area (Å²) < 4.78 is 27.0. The van der Waals surface area contributed by atoms with Gasteiger partial charge in [0, 0.05) is 23.9 Å². The van der Waals surface area contributed by atoms with Crippen LogP contribution < -0.4 is 10.5 Å². The zero-order chi connectivity index (χ0) is 17.1. The van der Waals surface area contributed by atoms with Gasteiger partial charge in [-0.25, -0.2) is 9.00 Å². The van der Waals surface area contributed by atoms with Crippen molar-refractivity contribution in [2.75, 3.05) is 18.4 Å². The summed E-state index contributed by atoms with van der Waals surface area (Å²) >= 11 is 5.91. The van der Waals surface area contributed by atoms with Gasteiger partial charge in [-0.05, 0) is 30.3 Å². The summed E-state index contributed by atoms with van der Waals surface area (Å²) in [6, 6.07) is 11.9. The molecule has 0 saturated carbocycles. The number of hydrogen-bond acceptors (Lipinski definition) is 4. The first-order valence-electron chi connectivity index (χ1n) is 7.15. The fourth-order valence-corrected chi connectivity index (χ4v) is 3.33. The number of nitrogens with zero attached hydrogens (tertiary/aromatic N) is 1. The summed E-state index contributed by atoms with van der Waals surface area (Å²) in [4.78, 5) is 12.4. The lowest BCUT2D eigenvalue weighted by molar-refractivity contribution is 0.186. The second-order valence-electron chi connectivity index (χ2n) is 5.02. The van der Waals surface area contributed by atoms with Gasteiger partial charge < -0.3 is 13.9 Å². The molecular weight excluding hydrogens is 352 g/mol. The number of anilines is 1. The number of rotatable bonds is 6. The van der Waals surface area contributed by atoms with Crippen LogP contribution in [-0.2, 0) is 22.3 Å². The Morgan fingerprint density at radius 3 is 2.88 bits per heavy atom. The van der Waals surface area contributed by atoms with Gasteiger partial charge in [0.1, 0.15) is 11.0 Å². The molecule has 3 rings (SSSR count). The lowest BCUT2D eigenvalue weighted by atomic mass is 10.3. The molecule has 1 aromatic heterocycles. The number of nitrogens with one attached hydrogen (secondary N) is 1. The van der Waals surface area contributed by atoms with E-state index < -0.39 is 16.7 Å². The number of halogens is 1. The van der Waals surface area contributed by atoms with Gasteiger partial charge in [-0.1, -0.05) is 17.7 Å². The molecule has 0 radical (unpaired) electrons. The molecule has 0 spiro atoms. The minimum Gasteiger partial charge on any atom is -0.408 e. The second kappa shape index (κ2) is 7.21. The number of benzene rings is 2. The molecule has 0 aliphatic heterocycles. The molecule has 24 heavy (non-hydrogen) atoms. The van der Waals surface area contributed by atoms with E-state index in [-0.39, 0.29) is 0 Å². The van der Waals surface area contributed by atoms with E-state index in [4.69, 9.17) is 20.8 Å². The topological polar surface area (TPSA) is 73.5 Å². The molecular formula is C16H15ClN2O4S. The van der Waals surface area contributed by atoms with E-state index in [2.05, 4.69) is 4.72 Å². The Balaban J connectivity index is 1.88. The highest BCUT2D eigenvalue weighted by atomic mass is 35.5. The van der Waals surface area contributed by atoms with E-state index in [1.165, 1.54) is 4.57 Å². The van der Waals surface area contributed by atoms with Gasteiger partial charge in [-0.2, -0.15) is 0 Å². The Labute approximate surface area is 145 Å². The van der Waals surface area contributed by atoms with Crippen molar-refractivity contribution in [3.05, 3.63) is 58.0 Å². The predicted octanol–water partition coefficient (Wildman–Crippen LogP) is 3.03. The van der Waals surface area contributed by atoms with Gasteiger partial charge in [0.2, 0.25) is 0 Å². The van der Waals surface area contributed by atoms with E-state index in [1.54, 1.807) is 49.6 Å². The average molecular weight is 367 g/mol. The summed E-state index contributed by atoms with van der Waals surface area (Å²) in [7, 11) is 0.0595. The van der Waals surface area contributed by atoms with E-state index in [1.807, 2.05) is 0 Å². The van der Waals surface area contributed by atoms with E-state index >= 15 is 0 Å². The third kappa shape index (κ3) is 3.53. The monoisotopic (exact) mass is 366 g/mol. The molecule has 0 fully saturated rings. The number of methoxy groups -OCH3 is 1. The zero-order valence-electron chi connectivity index (χ0n) is 12.8. The molecule has 1 unspecified atom stereocenters. The molecule has 6 nitrogen and oxygen atoms in total. The SMILES string of the molecule is COCCn1c(=O)oc2cc(S(=O)Nc3cccc(Cl)c3)ccc21. The number of fused-ring (bicyclic) bond motifs is 1. The minimum atomic E-state index is -1.51. The molecule has 8 heteroatoms. The molecule has 0 aliphatic carbocycles. The fraction of sp³-hybridized carbons (Fsp3) is 0.188. The van der Waals surface area contributed by atoms with Crippen molar-refractivity contribution < 1.29 is 13.4 Å². The number of ether oxygens (including phenoxy) is 1. The van der Waals surface area contributed by atoms with Crippen molar-refractivity contribution in [3.8, 4) is 0 Å². The van der Waals surface area contributed by atoms with Crippen LogP contribution in [0.3, 0.4) is 0 Å². The summed E-state index contributed by atoms with van der Waals surface area (Å²) in [6.45, 7) is 0.796. The molecule has 126 valence electrons.